The van der Waals surface area contributed by atoms with Crippen LogP contribution >= 0.6 is 0 Å². The predicted octanol–water partition coefficient (Wildman–Crippen LogP) is 1.64. The number of hydrogen-bond donors (Lipinski definition) is 2. The molecule has 2 heterocycles. The highest BCUT2D eigenvalue weighted by atomic mass is 16.2. The molecule has 2 fully saturated rings. The third-order valence-electron chi connectivity index (χ3n) is 4.89. The van der Waals surface area contributed by atoms with Crippen molar-refractivity contribution in [3.05, 3.63) is 0 Å². The number of carbonyl (C=O) groups excluding carboxylic acids is 1. The molecule has 2 bridgehead atoms. The topological polar surface area (TPSA) is 58.4 Å². The van der Waals surface area contributed by atoms with E-state index in [9.17, 15) is 4.79 Å². The van der Waals surface area contributed by atoms with Gasteiger partial charge in [0.05, 0.1) is 6.04 Å². The molecule has 0 aromatic heterocycles. The van der Waals surface area contributed by atoms with Crippen molar-refractivity contribution in [3.63, 3.8) is 0 Å². The SMILES string of the molecule is CCCCC(N)C(=O)NC1CC2CCCC(C1)N2C. The zero-order valence-corrected chi connectivity index (χ0v) is 12.4. The van der Waals surface area contributed by atoms with Gasteiger partial charge in [0.1, 0.15) is 0 Å². The Kier molecular flexibility index (Phi) is 5.22. The summed E-state index contributed by atoms with van der Waals surface area (Å²) in [6.07, 6.45) is 9.03. The smallest absolute Gasteiger partial charge is 0.237 e. The summed E-state index contributed by atoms with van der Waals surface area (Å²) in [5, 5.41) is 3.19. The Labute approximate surface area is 117 Å². The number of nitrogens with zero attached hydrogens (tertiary/aromatic N) is 1. The molecule has 4 nitrogen and oxygen atoms in total. The van der Waals surface area contributed by atoms with E-state index in [1.807, 2.05) is 0 Å². The van der Waals surface area contributed by atoms with E-state index in [1.165, 1.54) is 19.3 Å². The summed E-state index contributed by atoms with van der Waals surface area (Å²) in [6.45, 7) is 2.13. The van der Waals surface area contributed by atoms with E-state index in [1.54, 1.807) is 0 Å². The van der Waals surface area contributed by atoms with Crippen LogP contribution in [-0.2, 0) is 4.79 Å². The second-order valence-electron chi connectivity index (χ2n) is 6.33. The molecule has 0 radical (unpaired) electrons. The van der Waals surface area contributed by atoms with Gasteiger partial charge in [0.15, 0.2) is 0 Å². The number of nitrogens with two attached hydrogens (primary N) is 1. The van der Waals surface area contributed by atoms with Crippen molar-refractivity contribution in [2.75, 3.05) is 7.05 Å². The van der Waals surface area contributed by atoms with Crippen LogP contribution in [0.2, 0.25) is 0 Å². The molecule has 0 aromatic carbocycles. The van der Waals surface area contributed by atoms with Crippen LogP contribution in [-0.4, -0.2) is 42.0 Å². The first-order chi connectivity index (χ1) is 9.11. The van der Waals surface area contributed by atoms with Gasteiger partial charge in [0.2, 0.25) is 5.91 Å². The standard InChI is InChI=1S/C15H29N3O/c1-3-4-8-14(16)15(19)17-11-9-12-6-5-7-13(10-11)18(12)2/h11-14H,3-10,16H2,1-2H3,(H,17,19). The summed E-state index contributed by atoms with van der Waals surface area (Å²) >= 11 is 0. The maximum absolute atomic E-state index is 12.1. The molecule has 3 unspecified atom stereocenters. The van der Waals surface area contributed by atoms with Crippen molar-refractivity contribution in [1.82, 2.24) is 10.2 Å². The molecule has 1 amide bonds. The number of carbonyl (C=O) groups is 1. The van der Waals surface area contributed by atoms with Crippen LogP contribution in [0.5, 0.6) is 0 Å². The van der Waals surface area contributed by atoms with Gasteiger partial charge in [-0.05, 0) is 39.2 Å². The minimum Gasteiger partial charge on any atom is -0.352 e. The Bertz CT molecular complexity index is 294. The summed E-state index contributed by atoms with van der Waals surface area (Å²) in [4.78, 5) is 14.6. The van der Waals surface area contributed by atoms with Crippen LogP contribution in [0.25, 0.3) is 0 Å². The number of fused-ring (bicyclic) bond motifs is 2. The molecule has 0 aliphatic carbocycles. The van der Waals surface area contributed by atoms with Crippen LogP contribution in [0, 0.1) is 0 Å². The van der Waals surface area contributed by atoms with Crippen molar-refractivity contribution < 1.29 is 4.79 Å². The van der Waals surface area contributed by atoms with E-state index in [2.05, 4.69) is 24.2 Å². The molecule has 2 aliphatic rings. The van der Waals surface area contributed by atoms with Gasteiger partial charge in [0.25, 0.3) is 0 Å². The van der Waals surface area contributed by atoms with Gasteiger partial charge in [0, 0.05) is 18.1 Å². The van der Waals surface area contributed by atoms with E-state index in [4.69, 9.17) is 5.73 Å². The molecular weight excluding hydrogens is 238 g/mol. The van der Waals surface area contributed by atoms with E-state index < -0.39 is 0 Å². The summed E-state index contributed by atoms with van der Waals surface area (Å²) < 4.78 is 0. The van der Waals surface area contributed by atoms with Gasteiger partial charge >= 0.3 is 0 Å². The van der Waals surface area contributed by atoms with Gasteiger partial charge in [-0.1, -0.05) is 26.2 Å². The quantitative estimate of drug-likeness (QED) is 0.796. The van der Waals surface area contributed by atoms with Gasteiger partial charge in [-0.25, -0.2) is 0 Å². The fourth-order valence-corrected chi connectivity index (χ4v) is 3.60. The summed E-state index contributed by atoms with van der Waals surface area (Å²) in [5.41, 5.74) is 5.94. The second-order valence-corrected chi connectivity index (χ2v) is 6.33. The number of hydrogen-bond acceptors (Lipinski definition) is 3. The Morgan fingerprint density at radius 1 is 1.37 bits per heavy atom. The zero-order chi connectivity index (χ0) is 13.8. The summed E-state index contributed by atoms with van der Waals surface area (Å²) in [5.74, 6) is 0.0566. The van der Waals surface area contributed by atoms with Crippen LogP contribution in [0.15, 0.2) is 0 Å². The van der Waals surface area contributed by atoms with E-state index >= 15 is 0 Å². The average Bonchev–Trinajstić information content (AvgIpc) is 2.37. The van der Waals surface area contributed by atoms with Crippen LogP contribution < -0.4 is 11.1 Å². The number of nitrogens with one attached hydrogen (secondary N) is 1. The molecule has 4 heteroatoms. The third kappa shape index (κ3) is 3.69. The average molecular weight is 267 g/mol. The molecule has 2 saturated heterocycles. The largest absolute Gasteiger partial charge is 0.352 e. The van der Waals surface area contributed by atoms with Crippen molar-refractivity contribution in [3.8, 4) is 0 Å². The lowest BCUT2D eigenvalue weighted by Crippen LogP contribution is -2.56. The van der Waals surface area contributed by atoms with Gasteiger partial charge in [-0.2, -0.15) is 0 Å². The zero-order valence-electron chi connectivity index (χ0n) is 12.4. The molecule has 110 valence electrons. The lowest BCUT2D eigenvalue weighted by atomic mass is 9.82. The van der Waals surface area contributed by atoms with Crippen LogP contribution in [0.3, 0.4) is 0 Å². The molecule has 3 atom stereocenters. The lowest BCUT2D eigenvalue weighted by molar-refractivity contribution is -0.124. The highest BCUT2D eigenvalue weighted by molar-refractivity contribution is 5.81. The van der Waals surface area contributed by atoms with Crippen molar-refractivity contribution in [1.29, 1.82) is 0 Å². The molecule has 0 saturated carbocycles. The maximum Gasteiger partial charge on any atom is 0.237 e. The van der Waals surface area contributed by atoms with Gasteiger partial charge in [-0.3, -0.25) is 4.79 Å². The molecule has 19 heavy (non-hydrogen) atoms. The molecule has 0 aromatic rings. The molecular formula is C15H29N3O. The summed E-state index contributed by atoms with van der Waals surface area (Å²) in [7, 11) is 2.24. The number of piperidine rings is 2. The van der Waals surface area contributed by atoms with Crippen molar-refractivity contribution >= 4 is 5.91 Å². The first-order valence-electron chi connectivity index (χ1n) is 7.89. The predicted molar refractivity (Wildman–Crippen MR) is 77.9 cm³/mol. The monoisotopic (exact) mass is 267 g/mol. The van der Waals surface area contributed by atoms with Crippen LogP contribution in [0.1, 0.15) is 58.3 Å². The molecule has 2 aliphatic heterocycles. The summed E-state index contributed by atoms with van der Waals surface area (Å²) in [6, 6.07) is 1.33. The first kappa shape index (κ1) is 14.8. The van der Waals surface area contributed by atoms with Gasteiger partial charge in [-0.15, -0.1) is 0 Å². The molecule has 2 rings (SSSR count). The Balaban J connectivity index is 1.81. The van der Waals surface area contributed by atoms with E-state index in [0.29, 0.717) is 18.1 Å². The minimum atomic E-state index is -0.320. The minimum absolute atomic E-state index is 0.0566. The Morgan fingerprint density at radius 3 is 2.58 bits per heavy atom. The van der Waals surface area contributed by atoms with Crippen molar-refractivity contribution in [2.45, 2.75) is 82.5 Å². The second kappa shape index (κ2) is 6.71. The van der Waals surface area contributed by atoms with E-state index in [0.717, 1.165) is 32.1 Å². The van der Waals surface area contributed by atoms with Gasteiger partial charge < -0.3 is 16.0 Å². The molecule has 3 N–H and O–H groups in total. The third-order valence-corrected chi connectivity index (χ3v) is 4.89. The fourth-order valence-electron chi connectivity index (χ4n) is 3.60. The first-order valence-corrected chi connectivity index (χ1v) is 7.89. The Morgan fingerprint density at radius 2 is 2.00 bits per heavy atom. The number of rotatable bonds is 5. The highest BCUT2D eigenvalue weighted by Gasteiger charge is 2.36. The van der Waals surface area contributed by atoms with Crippen LogP contribution in [0.4, 0.5) is 0 Å². The normalized spacial score (nSPS) is 32.9. The van der Waals surface area contributed by atoms with Crippen molar-refractivity contribution in [2.24, 2.45) is 5.73 Å². The number of amides is 1. The maximum atomic E-state index is 12.1. The lowest BCUT2D eigenvalue weighted by Gasteiger charge is -2.47. The Hall–Kier alpha value is -0.610. The molecule has 0 spiro atoms. The van der Waals surface area contributed by atoms with E-state index in [-0.39, 0.29) is 11.9 Å². The highest BCUT2D eigenvalue weighted by Crippen LogP contribution is 2.32. The fraction of sp³-hybridized carbons (Fsp3) is 0.933. The number of unbranched alkanes of at least 4 members (excludes halogenated alkanes) is 1.